The van der Waals surface area contributed by atoms with Crippen LogP contribution in [0, 0.1) is 5.41 Å². The molecule has 0 radical (unpaired) electrons. The van der Waals surface area contributed by atoms with Gasteiger partial charge in [0.05, 0.1) is 5.69 Å². The second-order valence-corrected chi connectivity index (χ2v) is 16.9. The van der Waals surface area contributed by atoms with Gasteiger partial charge in [0.1, 0.15) is 0 Å². The maximum absolute atomic E-state index is 5.20. The molecule has 0 fully saturated rings. The molecule has 8 aromatic rings. The van der Waals surface area contributed by atoms with E-state index in [1.54, 1.807) is 0 Å². The van der Waals surface area contributed by atoms with Crippen molar-refractivity contribution in [2.75, 3.05) is 0 Å². The molecule has 2 aromatic heterocycles. The highest BCUT2D eigenvalue weighted by Crippen LogP contribution is 2.61. The normalized spacial score (nSPS) is 14.9. The van der Waals surface area contributed by atoms with E-state index in [2.05, 4.69) is 187 Å². The lowest BCUT2D eigenvalue weighted by Crippen LogP contribution is -2.42. The largest absolute Gasteiger partial charge is 0.255 e. The molecule has 4 heteroatoms. The fourth-order valence-electron chi connectivity index (χ4n) is 8.50. The number of rotatable bonds is 7. The summed E-state index contributed by atoms with van der Waals surface area (Å²) in [6.45, 7) is 14.3. The lowest BCUT2D eigenvalue weighted by Gasteiger charge is -2.44. The van der Waals surface area contributed by atoms with Crippen molar-refractivity contribution in [2.45, 2.75) is 52.4 Å². The van der Waals surface area contributed by atoms with Crippen LogP contribution in [0.4, 0.5) is 0 Å². The average molecular weight is 739 g/mol. The van der Waals surface area contributed by atoms with Gasteiger partial charge in [-0.3, -0.25) is 4.98 Å². The molecule has 0 unspecified atom stereocenters. The molecule has 1 aliphatic carbocycles. The maximum atomic E-state index is 5.20. The van der Waals surface area contributed by atoms with Gasteiger partial charge in [-0.2, -0.15) is 0 Å². The number of benzene rings is 6. The van der Waals surface area contributed by atoms with E-state index in [0.717, 1.165) is 61.3 Å². The van der Waals surface area contributed by atoms with E-state index in [4.69, 9.17) is 19.9 Å². The van der Waals surface area contributed by atoms with Crippen molar-refractivity contribution in [3.05, 3.63) is 181 Å². The van der Waals surface area contributed by atoms with Gasteiger partial charge < -0.3 is 0 Å². The SMILES string of the molecule is CC1(C)c2ccc(-c3ccc(-c4nc(-c5cccc(-c6ccccc6)c5)nc(-c5cc(-c6ccccc6)cc(-c6ccccc6)c5)n4)cn3)cc2C(C)(C)C1(C)C. The molecule has 0 atom stereocenters. The zero-order valence-corrected chi connectivity index (χ0v) is 33.5. The number of aromatic nitrogens is 4. The van der Waals surface area contributed by atoms with Crippen LogP contribution in [0.2, 0.25) is 0 Å². The molecule has 57 heavy (non-hydrogen) atoms. The van der Waals surface area contributed by atoms with Crippen LogP contribution in [0.5, 0.6) is 0 Å². The van der Waals surface area contributed by atoms with Crippen LogP contribution in [-0.2, 0) is 10.8 Å². The molecule has 4 nitrogen and oxygen atoms in total. The smallest absolute Gasteiger partial charge is 0.165 e. The molecule has 6 aromatic carbocycles. The number of fused-ring (bicyclic) bond motifs is 1. The molecule has 0 amide bonds. The minimum Gasteiger partial charge on any atom is -0.255 e. The van der Waals surface area contributed by atoms with E-state index in [0.29, 0.717) is 17.5 Å². The average Bonchev–Trinajstić information content (AvgIpc) is 3.37. The fraction of sp³-hybridized carbons (Fsp3) is 0.170. The monoisotopic (exact) mass is 738 g/mol. The van der Waals surface area contributed by atoms with E-state index in [1.807, 2.05) is 24.4 Å². The van der Waals surface area contributed by atoms with Crippen LogP contribution in [0.3, 0.4) is 0 Å². The summed E-state index contributed by atoms with van der Waals surface area (Å²) in [4.78, 5) is 20.6. The van der Waals surface area contributed by atoms with E-state index in [1.165, 1.54) is 11.1 Å². The van der Waals surface area contributed by atoms with E-state index < -0.39 is 0 Å². The third kappa shape index (κ3) is 6.36. The molecule has 278 valence electrons. The third-order valence-corrected chi connectivity index (χ3v) is 13.1. The molecule has 1 aliphatic rings. The van der Waals surface area contributed by atoms with Gasteiger partial charge in [0.2, 0.25) is 0 Å². The van der Waals surface area contributed by atoms with Crippen molar-refractivity contribution < 1.29 is 0 Å². The van der Waals surface area contributed by atoms with Gasteiger partial charge >= 0.3 is 0 Å². The predicted molar refractivity (Wildman–Crippen MR) is 236 cm³/mol. The molecule has 2 heterocycles. The fourth-order valence-corrected chi connectivity index (χ4v) is 8.50. The summed E-state index contributed by atoms with van der Waals surface area (Å²) in [5.41, 5.74) is 14.4. The standard InChI is InChI=1S/C53H46N4/c1-51(2)45-27-25-39(33-46(45)52(3,4)53(51,5)6)47-28-26-41(34-54-47)49-55-48(40-24-16-23-38(29-40)35-17-10-7-11-18-35)56-50(57-49)44-31-42(36-19-12-8-13-20-36)30-43(32-44)37-21-14-9-15-22-37/h7-34H,1-6H3. The lowest BCUT2D eigenvalue weighted by atomic mass is 9.59. The number of hydrogen-bond acceptors (Lipinski definition) is 4. The summed E-state index contributed by atoms with van der Waals surface area (Å²) in [7, 11) is 0. The highest BCUT2D eigenvalue weighted by molar-refractivity contribution is 5.81. The number of pyridine rings is 1. The van der Waals surface area contributed by atoms with E-state index in [-0.39, 0.29) is 16.2 Å². The topological polar surface area (TPSA) is 51.6 Å². The zero-order chi connectivity index (χ0) is 39.4. The molecule has 0 spiro atoms. The third-order valence-electron chi connectivity index (χ3n) is 13.1. The Labute approximate surface area is 336 Å². The van der Waals surface area contributed by atoms with Crippen molar-refractivity contribution in [1.82, 2.24) is 19.9 Å². The van der Waals surface area contributed by atoms with Crippen molar-refractivity contribution in [1.29, 1.82) is 0 Å². The molecule has 9 rings (SSSR count). The van der Waals surface area contributed by atoms with Crippen molar-refractivity contribution in [3.8, 4) is 78.8 Å². The Balaban J connectivity index is 1.18. The van der Waals surface area contributed by atoms with Gasteiger partial charge in [0.15, 0.2) is 17.5 Å². The Kier molecular flexibility index (Phi) is 8.81. The van der Waals surface area contributed by atoms with Gasteiger partial charge in [-0.05, 0) is 103 Å². The van der Waals surface area contributed by atoms with Crippen LogP contribution in [0.25, 0.3) is 78.8 Å². The van der Waals surface area contributed by atoms with Crippen LogP contribution in [0.15, 0.2) is 170 Å². The number of nitrogens with zero attached hydrogens (tertiary/aromatic N) is 4. The molecule has 0 aliphatic heterocycles. The maximum Gasteiger partial charge on any atom is 0.165 e. The van der Waals surface area contributed by atoms with Crippen molar-refractivity contribution in [2.24, 2.45) is 5.41 Å². The molecule has 0 N–H and O–H groups in total. The van der Waals surface area contributed by atoms with Crippen LogP contribution >= 0.6 is 0 Å². The zero-order valence-electron chi connectivity index (χ0n) is 33.5. The highest BCUT2D eigenvalue weighted by atomic mass is 15.0. The Morgan fingerprint density at radius 1 is 0.316 bits per heavy atom. The summed E-state index contributed by atoms with van der Waals surface area (Å²) >= 11 is 0. The van der Waals surface area contributed by atoms with E-state index in [9.17, 15) is 0 Å². The second-order valence-electron chi connectivity index (χ2n) is 16.9. The summed E-state index contributed by atoms with van der Waals surface area (Å²) in [5.74, 6) is 1.78. The Morgan fingerprint density at radius 3 is 1.32 bits per heavy atom. The Hall–Kier alpha value is -6.52. The first-order valence-corrected chi connectivity index (χ1v) is 19.8. The molecule has 0 bridgehead atoms. The van der Waals surface area contributed by atoms with Crippen LogP contribution < -0.4 is 0 Å². The van der Waals surface area contributed by atoms with Crippen LogP contribution in [-0.4, -0.2) is 19.9 Å². The first-order valence-electron chi connectivity index (χ1n) is 19.8. The van der Waals surface area contributed by atoms with Crippen molar-refractivity contribution in [3.63, 3.8) is 0 Å². The summed E-state index contributed by atoms with van der Waals surface area (Å²) in [6.07, 6.45) is 1.90. The first-order chi connectivity index (χ1) is 27.5. The van der Waals surface area contributed by atoms with Gasteiger partial charge in [0.25, 0.3) is 0 Å². The molecule has 0 saturated carbocycles. The summed E-state index contributed by atoms with van der Waals surface area (Å²) < 4.78 is 0. The molecule has 0 saturated heterocycles. The molecular weight excluding hydrogens is 693 g/mol. The summed E-state index contributed by atoms with van der Waals surface area (Å²) in [5, 5.41) is 0. The van der Waals surface area contributed by atoms with E-state index >= 15 is 0 Å². The van der Waals surface area contributed by atoms with Gasteiger partial charge in [-0.25, -0.2) is 15.0 Å². The van der Waals surface area contributed by atoms with Crippen molar-refractivity contribution >= 4 is 0 Å². The van der Waals surface area contributed by atoms with Crippen LogP contribution in [0.1, 0.15) is 52.7 Å². The highest BCUT2D eigenvalue weighted by Gasteiger charge is 2.56. The Bertz CT molecular complexity index is 2670. The second kappa shape index (κ2) is 13.9. The lowest BCUT2D eigenvalue weighted by molar-refractivity contribution is 0.125. The number of hydrogen-bond donors (Lipinski definition) is 0. The summed E-state index contributed by atoms with van der Waals surface area (Å²) in [6, 6.07) is 57.5. The quantitative estimate of drug-likeness (QED) is 0.163. The minimum absolute atomic E-state index is 0.00939. The van der Waals surface area contributed by atoms with Gasteiger partial charge in [-0.1, -0.05) is 163 Å². The predicted octanol–water partition coefficient (Wildman–Crippen LogP) is 13.5. The van der Waals surface area contributed by atoms with Gasteiger partial charge in [-0.15, -0.1) is 0 Å². The minimum atomic E-state index is 0.00939. The molecular formula is C53H46N4. The first kappa shape index (κ1) is 36.1. The van der Waals surface area contributed by atoms with Gasteiger partial charge in [0, 0.05) is 28.5 Å². The Morgan fingerprint density at radius 2 is 0.754 bits per heavy atom.